The highest BCUT2D eigenvalue weighted by molar-refractivity contribution is 4.69. The van der Waals surface area contributed by atoms with Crippen LogP contribution in [0.3, 0.4) is 0 Å². The van der Waals surface area contributed by atoms with Crippen molar-refractivity contribution in [2.45, 2.75) is 89.6 Å². The van der Waals surface area contributed by atoms with E-state index >= 15 is 0 Å². The Morgan fingerprint density at radius 2 is 0.848 bits per heavy atom. The third-order valence-corrected chi connectivity index (χ3v) is 5.28. The van der Waals surface area contributed by atoms with Gasteiger partial charge in [-0.2, -0.15) is 0 Å². The molecule has 0 rings (SSSR count). The molecule has 200 valence electrons. The van der Waals surface area contributed by atoms with Crippen molar-refractivity contribution >= 4 is 0 Å². The quantitative estimate of drug-likeness (QED) is 0.136. The van der Waals surface area contributed by atoms with Gasteiger partial charge in [-0.3, -0.25) is 0 Å². The van der Waals surface area contributed by atoms with Crippen molar-refractivity contribution in [3.8, 4) is 0 Å². The van der Waals surface area contributed by atoms with Crippen LogP contribution in [0, 0.1) is 0 Å². The second-order valence-electron chi connectivity index (χ2n) is 8.15. The lowest BCUT2D eigenvalue weighted by Crippen LogP contribution is -2.33. The monoisotopic (exact) mass is 482 g/mol. The average molecular weight is 483 g/mol. The van der Waals surface area contributed by atoms with E-state index in [-0.39, 0.29) is 25.4 Å². The van der Waals surface area contributed by atoms with Crippen molar-refractivity contribution in [3.05, 3.63) is 0 Å². The molecule has 0 aromatic carbocycles. The minimum Gasteiger partial charge on any atom is -0.394 e. The van der Waals surface area contributed by atoms with Gasteiger partial charge >= 0.3 is 0 Å². The molecular weight excluding hydrogens is 432 g/mol. The third-order valence-electron chi connectivity index (χ3n) is 5.28. The molecule has 33 heavy (non-hydrogen) atoms. The number of aliphatic hydroxyl groups is 4. The van der Waals surface area contributed by atoms with Crippen LogP contribution in [0.2, 0.25) is 0 Å². The van der Waals surface area contributed by atoms with Crippen LogP contribution in [-0.4, -0.2) is 111 Å². The van der Waals surface area contributed by atoms with Crippen molar-refractivity contribution in [1.82, 2.24) is 0 Å². The summed E-state index contributed by atoms with van der Waals surface area (Å²) in [4.78, 5) is 0. The van der Waals surface area contributed by atoms with Crippen LogP contribution in [-0.2, 0) is 23.7 Å². The number of hydrogen-bond donors (Lipinski definition) is 4. The van der Waals surface area contributed by atoms with E-state index in [9.17, 15) is 10.2 Å². The van der Waals surface area contributed by atoms with Gasteiger partial charge in [-0.1, -0.05) is 52.4 Å². The number of hydrogen-bond acceptors (Lipinski definition) is 9. The zero-order chi connectivity index (χ0) is 24.6. The van der Waals surface area contributed by atoms with Crippen molar-refractivity contribution < 1.29 is 44.1 Å². The summed E-state index contributed by atoms with van der Waals surface area (Å²) in [6.07, 6.45) is 5.29. The van der Waals surface area contributed by atoms with E-state index in [0.29, 0.717) is 52.9 Å². The van der Waals surface area contributed by atoms with Crippen LogP contribution >= 0.6 is 0 Å². The molecule has 0 bridgehead atoms. The van der Waals surface area contributed by atoms with Gasteiger partial charge in [0, 0.05) is 0 Å². The first-order valence-electron chi connectivity index (χ1n) is 12.6. The molecule has 4 atom stereocenters. The van der Waals surface area contributed by atoms with Gasteiger partial charge in [-0.15, -0.1) is 0 Å². The number of unbranched alkanes of at least 4 members (excludes halogenated alkanes) is 4. The minimum atomic E-state index is -0.859. The Labute approximate surface area is 200 Å². The number of ether oxygens (including phenoxy) is 5. The second-order valence-corrected chi connectivity index (χ2v) is 8.15. The van der Waals surface area contributed by atoms with Crippen LogP contribution < -0.4 is 0 Å². The standard InChI is InChI=1S/C24H50O9/c1-3-5-7-9-23(21(27)19-25)32-17-15-30-13-11-29-12-14-31-16-18-33-24(22(28)20-26)10-8-6-4-2/h21-28H,3-20H2,1-2H3. The molecule has 0 aromatic rings. The van der Waals surface area contributed by atoms with Gasteiger partial charge in [0.25, 0.3) is 0 Å². The lowest BCUT2D eigenvalue weighted by atomic mass is 10.1. The van der Waals surface area contributed by atoms with E-state index in [0.717, 1.165) is 51.4 Å². The minimum absolute atomic E-state index is 0.302. The molecule has 0 radical (unpaired) electrons. The maximum atomic E-state index is 9.82. The van der Waals surface area contributed by atoms with Gasteiger partial charge in [-0.05, 0) is 12.8 Å². The normalized spacial score (nSPS) is 15.5. The first kappa shape index (κ1) is 32.6. The van der Waals surface area contributed by atoms with E-state index in [1.807, 2.05) is 0 Å². The smallest absolute Gasteiger partial charge is 0.103 e. The van der Waals surface area contributed by atoms with Crippen LogP contribution in [0.25, 0.3) is 0 Å². The highest BCUT2D eigenvalue weighted by atomic mass is 16.6. The summed E-state index contributed by atoms with van der Waals surface area (Å²) in [5, 5.41) is 37.9. The third kappa shape index (κ3) is 19.6. The summed E-state index contributed by atoms with van der Waals surface area (Å²) >= 11 is 0. The highest BCUT2D eigenvalue weighted by Crippen LogP contribution is 2.11. The summed E-state index contributed by atoms with van der Waals surface area (Å²) in [7, 11) is 0. The Hall–Kier alpha value is -0.360. The lowest BCUT2D eigenvalue weighted by molar-refractivity contribution is -0.0822. The Balaban J connectivity index is 3.60. The number of aliphatic hydroxyl groups excluding tert-OH is 4. The summed E-state index contributed by atoms with van der Waals surface area (Å²) in [6, 6.07) is 0. The van der Waals surface area contributed by atoms with E-state index < -0.39 is 12.2 Å². The molecule has 0 saturated carbocycles. The number of rotatable bonds is 26. The van der Waals surface area contributed by atoms with Crippen molar-refractivity contribution in [3.63, 3.8) is 0 Å². The van der Waals surface area contributed by atoms with E-state index in [4.69, 9.17) is 33.9 Å². The zero-order valence-corrected chi connectivity index (χ0v) is 20.9. The SMILES string of the molecule is CCCCCC(OCCOCCOCCOCCOC(CCCCC)C(O)CO)C(O)CO. The molecule has 4 unspecified atom stereocenters. The first-order chi connectivity index (χ1) is 16.1. The molecule has 0 aliphatic rings. The average Bonchev–Trinajstić information content (AvgIpc) is 2.83. The molecule has 0 spiro atoms. The van der Waals surface area contributed by atoms with Crippen LogP contribution in [0.1, 0.15) is 65.2 Å². The maximum Gasteiger partial charge on any atom is 0.103 e. The fourth-order valence-corrected chi connectivity index (χ4v) is 3.26. The largest absolute Gasteiger partial charge is 0.394 e. The van der Waals surface area contributed by atoms with E-state index in [1.165, 1.54) is 0 Å². The molecule has 0 amide bonds. The molecule has 0 heterocycles. The second kappa shape index (κ2) is 24.8. The van der Waals surface area contributed by atoms with Gasteiger partial charge in [0.2, 0.25) is 0 Å². The molecule has 9 heteroatoms. The maximum absolute atomic E-state index is 9.82. The molecule has 0 aromatic heterocycles. The van der Waals surface area contributed by atoms with Gasteiger partial charge in [0.15, 0.2) is 0 Å². The fourth-order valence-electron chi connectivity index (χ4n) is 3.26. The van der Waals surface area contributed by atoms with E-state index in [1.54, 1.807) is 0 Å². The van der Waals surface area contributed by atoms with E-state index in [2.05, 4.69) is 13.8 Å². The summed E-state index contributed by atoms with van der Waals surface area (Å²) in [6.45, 7) is 6.93. The Kier molecular flexibility index (Phi) is 24.5. The lowest BCUT2D eigenvalue weighted by Gasteiger charge is -2.22. The predicted molar refractivity (Wildman–Crippen MR) is 126 cm³/mol. The molecule has 0 fully saturated rings. The van der Waals surface area contributed by atoms with Crippen molar-refractivity contribution in [2.75, 3.05) is 66.1 Å². The first-order valence-corrected chi connectivity index (χ1v) is 12.6. The Morgan fingerprint density at radius 3 is 1.15 bits per heavy atom. The molecule has 0 aliphatic carbocycles. The van der Waals surface area contributed by atoms with Gasteiger partial charge in [0.1, 0.15) is 12.2 Å². The van der Waals surface area contributed by atoms with Gasteiger partial charge in [0.05, 0.1) is 78.3 Å². The van der Waals surface area contributed by atoms with Crippen molar-refractivity contribution in [1.29, 1.82) is 0 Å². The summed E-state index contributed by atoms with van der Waals surface area (Å²) < 4.78 is 27.7. The molecular formula is C24H50O9. The van der Waals surface area contributed by atoms with Crippen molar-refractivity contribution in [2.24, 2.45) is 0 Å². The van der Waals surface area contributed by atoms with Crippen LogP contribution in [0.4, 0.5) is 0 Å². The fraction of sp³-hybridized carbons (Fsp3) is 1.00. The summed E-state index contributed by atoms with van der Waals surface area (Å²) in [5.41, 5.74) is 0. The van der Waals surface area contributed by atoms with Crippen LogP contribution in [0.15, 0.2) is 0 Å². The molecule has 0 saturated heterocycles. The molecule has 9 nitrogen and oxygen atoms in total. The Morgan fingerprint density at radius 1 is 0.515 bits per heavy atom. The van der Waals surface area contributed by atoms with Crippen LogP contribution in [0.5, 0.6) is 0 Å². The van der Waals surface area contributed by atoms with Gasteiger partial charge < -0.3 is 44.1 Å². The summed E-state index contributed by atoms with van der Waals surface area (Å²) in [5.74, 6) is 0. The van der Waals surface area contributed by atoms with Gasteiger partial charge in [-0.25, -0.2) is 0 Å². The highest BCUT2D eigenvalue weighted by Gasteiger charge is 2.19. The predicted octanol–water partition coefficient (Wildman–Crippen LogP) is 1.67. The zero-order valence-electron chi connectivity index (χ0n) is 20.9. The Bertz CT molecular complexity index is 353. The topological polar surface area (TPSA) is 127 Å². The molecule has 0 aliphatic heterocycles. The molecule has 4 N–H and O–H groups in total.